The molecule has 8 N–H and O–H groups in total. The highest BCUT2D eigenvalue weighted by Crippen LogP contribution is 2.51. The highest BCUT2D eigenvalue weighted by molar-refractivity contribution is 7.59. The van der Waals surface area contributed by atoms with Crippen molar-refractivity contribution in [1.29, 1.82) is 0 Å². The summed E-state index contributed by atoms with van der Waals surface area (Å²) in [5.41, 5.74) is 0. The minimum atomic E-state index is -5.61. The second-order valence-electron chi connectivity index (χ2n) is 12.8. The van der Waals surface area contributed by atoms with Gasteiger partial charge >= 0.3 is 35.4 Å². The van der Waals surface area contributed by atoms with Gasteiger partial charge in [-0.05, 0) is 48.9 Å². The third-order valence-corrected chi connectivity index (χ3v) is 10.0. The van der Waals surface area contributed by atoms with Gasteiger partial charge in [0.2, 0.25) is 0 Å². The second kappa shape index (κ2) is 29.9. The standard InChI is InChI=1S/C35H53O19P3.H2S.7H2/c1-3-5-7-9-11-12-13-14-15-16-18-20-22-24-29(37)51-27(25-49-28(36)23-21-19-17-10-8-6-4-2)26-50-57(47,48)54-33-30(38)31(39)34(52-55(41,42)43)35(32(33)40)53-56(44,45)46;;;;;;;;/h27,30-35,38-40H,3,5,7,9,11-16,18,20,22,24-26H2,1-2H3,(H,47,48)(H2,41,42,43)(H2,44,45,46);1H2;7*1H/t27-,30+,31?,32?,33?,34-,35+;;;;;;;;/m1......../s1. The van der Waals surface area contributed by atoms with E-state index in [1.807, 2.05) is 5.92 Å². The molecule has 1 aliphatic rings. The molecule has 0 aromatic carbocycles. The van der Waals surface area contributed by atoms with E-state index in [2.05, 4.69) is 57.4 Å². The van der Waals surface area contributed by atoms with Gasteiger partial charge < -0.3 is 49.3 Å². The predicted molar refractivity (Wildman–Crippen MR) is 226 cm³/mol. The van der Waals surface area contributed by atoms with Gasteiger partial charge in [-0.2, -0.15) is 13.5 Å². The molecule has 1 saturated carbocycles. The molecule has 344 valence electrons. The van der Waals surface area contributed by atoms with E-state index >= 15 is 0 Å². The van der Waals surface area contributed by atoms with Crippen molar-refractivity contribution in [1.82, 2.24) is 0 Å². The number of unbranched alkanes of at least 4 members (excludes halogenated alkanes) is 12. The van der Waals surface area contributed by atoms with Crippen molar-refractivity contribution in [3.8, 4) is 47.4 Å². The first-order valence-corrected chi connectivity index (χ1v) is 22.8. The first-order chi connectivity index (χ1) is 26.8. The number of hydrogen-bond donors (Lipinski definition) is 8. The van der Waals surface area contributed by atoms with Crippen LogP contribution in [0.25, 0.3) is 0 Å². The van der Waals surface area contributed by atoms with Crippen molar-refractivity contribution in [3.05, 3.63) is 0 Å². The van der Waals surface area contributed by atoms with E-state index in [-0.39, 0.29) is 29.9 Å². The minimum absolute atomic E-state index is 0. The maximum atomic E-state index is 12.9. The molecule has 0 saturated heterocycles. The average Bonchev–Trinajstić information content (AvgIpc) is 3.12. The fourth-order valence-corrected chi connectivity index (χ4v) is 7.43. The molecule has 23 heteroatoms. The second-order valence-corrected chi connectivity index (χ2v) is 16.5. The smallest absolute Gasteiger partial charge is 0.456 e. The van der Waals surface area contributed by atoms with Gasteiger partial charge in [-0.1, -0.05) is 89.9 Å². The number of esters is 2. The highest BCUT2D eigenvalue weighted by atomic mass is 32.1. The summed E-state index contributed by atoms with van der Waals surface area (Å²) in [6.07, 6.45) is -2.80. The summed E-state index contributed by atoms with van der Waals surface area (Å²) in [6, 6.07) is 0. The maximum absolute atomic E-state index is 12.9. The van der Waals surface area contributed by atoms with Gasteiger partial charge in [0.05, 0.1) is 6.61 Å². The van der Waals surface area contributed by atoms with E-state index in [1.54, 1.807) is 6.92 Å². The van der Waals surface area contributed by atoms with Gasteiger partial charge in [0.25, 0.3) is 0 Å². The monoisotopic (exact) mass is 918 g/mol. The van der Waals surface area contributed by atoms with Crippen LogP contribution < -0.4 is 0 Å². The Kier molecular flexibility index (Phi) is 28.7. The van der Waals surface area contributed by atoms with Crippen LogP contribution in [0.5, 0.6) is 0 Å². The summed E-state index contributed by atoms with van der Waals surface area (Å²) < 4.78 is 64.3. The molecule has 0 bridgehead atoms. The number of carbonyl (C=O) groups is 2. The van der Waals surface area contributed by atoms with Crippen LogP contribution in [0.15, 0.2) is 0 Å². The normalized spacial score (nSPS) is 21.7. The molecule has 0 aromatic heterocycles. The lowest BCUT2D eigenvalue weighted by molar-refractivity contribution is -0.213. The van der Waals surface area contributed by atoms with E-state index in [4.69, 9.17) is 28.3 Å². The first-order valence-electron chi connectivity index (χ1n) is 18.3. The number of carbonyl (C=O) groups excluding carboxylic acids is 2. The molecular formula is C35H69O19P3S. The van der Waals surface area contributed by atoms with Crippen LogP contribution in [0.4, 0.5) is 0 Å². The predicted octanol–water partition coefficient (Wildman–Crippen LogP) is 4.35. The van der Waals surface area contributed by atoms with Crippen molar-refractivity contribution in [2.45, 2.75) is 146 Å². The maximum Gasteiger partial charge on any atom is 0.472 e. The summed E-state index contributed by atoms with van der Waals surface area (Å²) in [4.78, 5) is 72.1. The highest BCUT2D eigenvalue weighted by Gasteiger charge is 2.56. The molecule has 0 aliphatic heterocycles. The van der Waals surface area contributed by atoms with Gasteiger partial charge in [-0.25, -0.2) is 18.5 Å². The lowest BCUT2D eigenvalue weighted by Crippen LogP contribution is -2.65. The number of aliphatic hydroxyl groups excluding tert-OH is 3. The first kappa shape index (κ1) is 55.7. The van der Waals surface area contributed by atoms with Crippen molar-refractivity contribution >= 4 is 48.9 Å². The summed E-state index contributed by atoms with van der Waals surface area (Å²) in [5.74, 6) is 16.6. The third-order valence-electron chi connectivity index (χ3n) is 8.00. The van der Waals surface area contributed by atoms with Crippen LogP contribution in [-0.2, 0) is 50.9 Å². The Hall–Kier alpha value is -2.26. The zero-order valence-electron chi connectivity index (χ0n) is 32.3. The molecule has 0 heterocycles. The minimum Gasteiger partial charge on any atom is -0.456 e. The Morgan fingerprint density at radius 1 is 0.621 bits per heavy atom. The SMILES string of the molecule is CC#CC#CC#CC#CC(=O)OC[C@H](COP(=O)(O)OC1C(O)[C@H](OP(=O)(O)O)[C@H](OP(=O)(O)O)C(O)[C@@H]1O)OC(=O)CCCCCCCCCCCCCCC.S.[HH].[HH].[HH].[HH].[HH].[HH].[HH]. The van der Waals surface area contributed by atoms with Crippen LogP contribution in [-0.4, -0.2) is 108 Å². The van der Waals surface area contributed by atoms with Crippen molar-refractivity contribution in [2.75, 3.05) is 13.2 Å². The van der Waals surface area contributed by atoms with Crippen LogP contribution in [0.1, 0.15) is 114 Å². The number of aliphatic hydroxyl groups is 3. The summed E-state index contributed by atoms with van der Waals surface area (Å²) in [6.45, 7) is 1.99. The molecule has 19 nitrogen and oxygen atoms in total. The van der Waals surface area contributed by atoms with Crippen LogP contribution >= 0.6 is 37.0 Å². The molecular weight excluding hydrogens is 849 g/mol. The summed E-state index contributed by atoms with van der Waals surface area (Å²) >= 11 is 0. The van der Waals surface area contributed by atoms with E-state index in [0.29, 0.717) is 6.42 Å². The van der Waals surface area contributed by atoms with Gasteiger partial charge in [-0.3, -0.25) is 22.9 Å². The molecule has 1 fully saturated rings. The largest absolute Gasteiger partial charge is 0.472 e. The number of ether oxygens (including phenoxy) is 2. The average molecular weight is 919 g/mol. The van der Waals surface area contributed by atoms with Crippen LogP contribution in [0.3, 0.4) is 0 Å². The third kappa shape index (κ3) is 26.1. The van der Waals surface area contributed by atoms with Crippen molar-refractivity contribution < 1.29 is 101 Å². The van der Waals surface area contributed by atoms with Gasteiger partial charge in [0.1, 0.15) is 43.2 Å². The number of phosphoric acid groups is 3. The zero-order valence-corrected chi connectivity index (χ0v) is 35.9. The lowest BCUT2D eigenvalue weighted by atomic mass is 9.85. The van der Waals surface area contributed by atoms with E-state index in [9.17, 15) is 53.3 Å². The lowest BCUT2D eigenvalue weighted by Gasteiger charge is -2.44. The Morgan fingerprint density at radius 3 is 1.57 bits per heavy atom. The molecule has 8 atom stereocenters. The molecule has 1 aliphatic carbocycles. The van der Waals surface area contributed by atoms with E-state index in [1.165, 1.54) is 44.9 Å². The molecule has 0 amide bonds. The Morgan fingerprint density at radius 2 is 1.07 bits per heavy atom. The van der Waals surface area contributed by atoms with Gasteiger partial charge in [0, 0.05) is 22.3 Å². The summed E-state index contributed by atoms with van der Waals surface area (Å²) in [7, 11) is -16.7. The Balaban J connectivity index is -0.000000677. The summed E-state index contributed by atoms with van der Waals surface area (Å²) in [5, 5.41) is 31.6. The van der Waals surface area contributed by atoms with Crippen molar-refractivity contribution in [3.63, 3.8) is 0 Å². The Labute approximate surface area is 356 Å². The van der Waals surface area contributed by atoms with Gasteiger partial charge in [0.15, 0.2) is 6.10 Å². The van der Waals surface area contributed by atoms with Gasteiger partial charge in [-0.15, -0.1) is 0 Å². The molecule has 0 aromatic rings. The molecule has 4 unspecified atom stereocenters. The molecule has 58 heavy (non-hydrogen) atoms. The fraction of sp³-hybridized carbons (Fsp3) is 0.714. The van der Waals surface area contributed by atoms with E-state index in [0.717, 1.165) is 32.1 Å². The quantitative estimate of drug-likeness (QED) is 0.0197. The molecule has 0 spiro atoms. The van der Waals surface area contributed by atoms with Crippen LogP contribution in [0, 0.1) is 47.4 Å². The number of hydrogen-bond acceptors (Lipinski definition) is 14. The van der Waals surface area contributed by atoms with Crippen molar-refractivity contribution in [2.24, 2.45) is 0 Å². The number of rotatable bonds is 26. The van der Waals surface area contributed by atoms with Crippen LogP contribution in [0.2, 0.25) is 0 Å². The number of phosphoric ester groups is 3. The Bertz CT molecular complexity index is 1690. The fourth-order valence-electron chi connectivity index (χ4n) is 5.34. The zero-order chi connectivity index (χ0) is 42.9. The molecule has 1 rings (SSSR count). The molecule has 0 radical (unpaired) electrons. The topological polar surface area (TPSA) is 303 Å². The van der Waals surface area contributed by atoms with E-state index < -0.39 is 91.3 Å².